The van der Waals surface area contributed by atoms with Crippen molar-refractivity contribution in [3.63, 3.8) is 0 Å². The number of carbonyl (C=O) groups excluding carboxylic acids is 1. The Kier molecular flexibility index (Phi) is 7.04. The van der Waals surface area contributed by atoms with Crippen molar-refractivity contribution in [1.29, 1.82) is 5.26 Å². The fourth-order valence-electron chi connectivity index (χ4n) is 3.31. The van der Waals surface area contributed by atoms with Gasteiger partial charge in [0.15, 0.2) is 5.60 Å². The normalized spacial score (nSPS) is 11.1. The highest BCUT2D eigenvalue weighted by Crippen LogP contribution is 2.40. The molecule has 1 amide bonds. The molecule has 0 atom stereocenters. The number of nitriles is 1. The Labute approximate surface area is 192 Å². The first-order valence-electron chi connectivity index (χ1n) is 10.1. The van der Waals surface area contributed by atoms with Gasteiger partial charge in [0.1, 0.15) is 16.8 Å². The van der Waals surface area contributed by atoms with Gasteiger partial charge in [-0.3, -0.25) is 4.79 Å². The number of hydrogen-bond donors (Lipinski definition) is 1. The number of nitrogens with one attached hydrogen (secondary N) is 1. The maximum atomic E-state index is 13.0. The zero-order valence-electron chi connectivity index (χ0n) is 18.1. The van der Waals surface area contributed by atoms with Crippen LogP contribution in [0.4, 0.5) is 5.00 Å². The smallest absolute Gasteiger partial charge is 0.268 e. The largest absolute Gasteiger partial charge is 0.478 e. The van der Waals surface area contributed by atoms with E-state index in [0.717, 1.165) is 28.8 Å². The van der Waals surface area contributed by atoms with Crippen molar-refractivity contribution in [1.82, 2.24) is 0 Å². The highest BCUT2D eigenvalue weighted by atomic mass is 35.5. The van der Waals surface area contributed by atoms with Gasteiger partial charge in [-0.1, -0.05) is 49.2 Å². The number of anilines is 1. The van der Waals surface area contributed by atoms with Crippen LogP contribution in [0.2, 0.25) is 5.02 Å². The summed E-state index contributed by atoms with van der Waals surface area (Å²) in [4.78, 5) is 14.0. The van der Waals surface area contributed by atoms with Crippen LogP contribution < -0.4 is 10.1 Å². The summed E-state index contributed by atoms with van der Waals surface area (Å²) in [5, 5.41) is 13.9. The molecule has 6 heteroatoms. The number of halogens is 1. The molecule has 0 spiro atoms. The summed E-state index contributed by atoms with van der Waals surface area (Å²) in [6, 6.07) is 17.4. The summed E-state index contributed by atoms with van der Waals surface area (Å²) in [5.74, 6) is 0.213. The SMILES string of the molecule is CCCc1ccc(-c2c(C)sc(NC(=O)C(C)(C)Oc3ccc(Cl)cc3)c2C#N)cc1. The van der Waals surface area contributed by atoms with Crippen LogP contribution in [0, 0.1) is 18.3 Å². The summed E-state index contributed by atoms with van der Waals surface area (Å²) in [6.07, 6.45) is 2.11. The molecule has 1 N–H and O–H groups in total. The Morgan fingerprint density at radius 2 is 1.81 bits per heavy atom. The molecule has 0 aliphatic carbocycles. The molecule has 160 valence electrons. The van der Waals surface area contributed by atoms with E-state index in [0.29, 0.717) is 21.3 Å². The van der Waals surface area contributed by atoms with Crippen LogP contribution in [0.3, 0.4) is 0 Å². The molecule has 0 aliphatic rings. The quantitative estimate of drug-likeness (QED) is 0.419. The fraction of sp³-hybridized carbons (Fsp3) is 0.280. The van der Waals surface area contributed by atoms with E-state index in [4.69, 9.17) is 16.3 Å². The highest BCUT2D eigenvalue weighted by molar-refractivity contribution is 7.17. The molecule has 3 aromatic rings. The van der Waals surface area contributed by atoms with Gasteiger partial charge in [0, 0.05) is 15.5 Å². The van der Waals surface area contributed by atoms with Gasteiger partial charge >= 0.3 is 0 Å². The lowest BCUT2D eigenvalue weighted by atomic mass is 9.99. The van der Waals surface area contributed by atoms with Crippen molar-refractivity contribution in [3.05, 3.63) is 69.6 Å². The summed E-state index contributed by atoms with van der Waals surface area (Å²) < 4.78 is 5.87. The van der Waals surface area contributed by atoms with Crippen LogP contribution in [0.1, 0.15) is 43.2 Å². The number of aryl methyl sites for hydroxylation is 2. The third-order valence-electron chi connectivity index (χ3n) is 4.94. The van der Waals surface area contributed by atoms with E-state index < -0.39 is 5.60 Å². The second kappa shape index (κ2) is 9.55. The number of thiophene rings is 1. The number of amides is 1. The van der Waals surface area contributed by atoms with Crippen molar-refractivity contribution in [3.8, 4) is 22.9 Å². The Balaban J connectivity index is 1.84. The van der Waals surface area contributed by atoms with Crippen molar-refractivity contribution < 1.29 is 9.53 Å². The van der Waals surface area contributed by atoms with Crippen molar-refractivity contribution in [2.75, 3.05) is 5.32 Å². The minimum atomic E-state index is -1.14. The third kappa shape index (κ3) is 5.28. The average molecular weight is 453 g/mol. The van der Waals surface area contributed by atoms with E-state index in [1.807, 2.05) is 19.1 Å². The molecule has 31 heavy (non-hydrogen) atoms. The molecule has 0 saturated carbocycles. The second-order valence-corrected chi connectivity index (χ2v) is 9.48. The van der Waals surface area contributed by atoms with Crippen LogP contribution >= 0.6 is 22.9 Å². The predicted molar refractivity (Wildman–Crippen MR) is 128 cm³/mol. The molecular formula is C25H25ClN2O2S. The van der Waals surface area contributed by atoms with Crippen LogP contribution in [-0.4, -0.2) is 11.5 Å². The van der Waals surface area contributed by atoms with Crippen molar-refractivity contribution in [2.24, 2.45) is 0 Å². The van der Waals surface area contributed by atoms with Gasteiger partial charge in [0.05, 0.1) is 5.56 Å². The van der Waals surface area contributed by atoms with Crippen LogP contribution in [-0.2, 0) is 11.2 Å². The van der Waals surface area contributed by atoms with Crippen molar-refractivity contribution in [2.45, 2.75) is 46.1 Å². The molecule has 1 heterocycles. The molecule has 0 bridgehead atoms. The minimum absolute atomic E-state index is 0.329. The summed E-state index contributed by atoms with van der Waals surface area (Å²) in [6.45, 7) is 7.50. The second-order valence-electron chi connectivity index (χ2n) is 7.82. The number of hydrogen-bond acceptors (Lipinski definition) is 4. The zero-order valence-corrected chi connectivity index (χ0v) is 19.7. The van der Waals surface area contributed by atoms with Gasteiger partial charge in [-0.15, -0.1) is 11.3 Å². The van der Waals surface area contributed by atoms with Crippen LogP contribution in [0.5, 0.6) is 5.75 Å². The van der Waals surface area contributed by atoms with Gasteiger partial charge in [-0.25, -0.2) is 0 Å². The molecule has 2 aromatic carbocycles. The number of carbonyl (C=O) groups is 1. The van der Waals surface area contributed by atoms with Gasteiger partial charge in [0.25, 0.3) is 5.91 Å². The van der Waals surface area contributed by atoms with Gasteiger partial charge in [-0.2, -0.15) is 5.26 Å². The zero-order chi connectivity index (χ0) is 22.6. The maximum Gasteiger partial charge on any atom is 0.268 e. The van der Waals surface area contributed by atoms with Crippen LogP contribution in [0.25, 0.3) is 11.1 Å². The molecule has 1 aromatic heterocycles. The lowest BCUT2D eigenvalue weighted by molar-refractivity contribution is -0.128. The number of rotatable bonds is 7. The Morgan fingerprint density at radius 3 is 2.39 bits per heavy atom. The Hall–Kier alpha value is -2.81. The summed E-state index contributed by atoms with van der Waals surface area (Å²) in [5.41, 5.74) is 2.44. The number of ether oxygens (including phenoxy) is 1. The van der Waals surface area contributed by atoms with E-state index in [-0.39, 0.29) is 5.91 Å². The van der Waals surface area contributed by atoms with E-state index in [9.17, 15) is 10.1 Å². The first-order valence-corrected chi connectivity index (χ1v) is 11.3. The van der Waals surface area contributed by atoms with Crippen LogP contribution in [0.15, 0.2) is 48.5 Å². The molecular weight excluding hydrogens is 428 g/mol. The monoisotopic (exact) mass is 452 g/mol. The highest BCUT2D eigenvalue weighted by Gasteiger charge is 2.32. The number of nitrogens with zero attached hydrogens (tertiary/aromatic N) is 1. The molecule has 0 saturated heterocycles. The first kappa shape index (κ1) is 22.9. The third-order valence-corrected chi connectivity index (χ3v) is 6.21. The van der Waals surface area contributed by atoms with E-state index >= 15 is 0 Å². The van der Waals surface area contributed by atoms with Gasteiger partial charge in [0.2, 0.25) is 0 Å². The lowest BCUT2D eigenvalue weighted by Crippen LogP contribution is -2.42. The molecule has 0 radical (unpaired) electrons. The van der Waals surface area contributed by atoms with E-state index in [2.05, 4.69) is 30.4 Å². The maximum absolute atomic E-state index is 13.0. The Bertz CT molecular complexity index is 1110. The van der Waals surface area contributed by atoms with Crippen molar-refractivity contribution >= 4 is 33.8 Å². The van der Waals surface area contributed by atoms with Gasteiger partial charge < -0.3 is 10.1 Å². The molecule has 0 unspecified atom stereocenters. The first-order chi connectivity index (χ1) is 14.7. The fourth-order valence-corrected chi connectivity index (χ4v) is 4.46. The number of benzene rings is 2. The standard InChI is InChI=1S/C25H25ClN2O2S/c1-5-6-17-7-9-18(10-8-17)22-16(2)31-23(21(22)15-27)28-24(29)25(3,4)30-20-13-11-19(26)12-14-20/h7-14H,5-6H2,1-4H3,(H,28,29). The minimum Gasteiger partial charge on any atom is -0.478 e. The summed E-state index contributed by atoms with van der Waals surface area (Å²) >= 11 is 7.31. The molecule has 4 nitrogen and oxygen atoms in total. The Morgan fingerprint density at radius 1 is 1.16 bits per heavy atom. The molecule has 0 aliphatic heterocycles. The predicted octanol–water partition coefficient (Wildman–Crippen LogP) is 7.00. The molecule has 0 fully saturated rings. The molecule has 3 rings (SSSR count). The summed E-state index contributed by atoms with van der Waals surface area (Å²) in [7, 11) is 0. The average Bonchev–Trinajstić information content (AvgIpc) is 3.05. The van der Waals surface area contributed by atoms with E-state index in [1.165, 1.54) is 16.9 Å². The lowest BCUT2D eigenvalue weighted by Gasteiger charge is -2.25. The van der Waals surface area contributed by atoms with Gasteiger partial charge in [-0.05, 0) is 62.6 Å². The van der Waals surface area contributed by atoms with E-state index in [1.54, 1.807) is 38.1 Å². The topological polar surface area (TPSA) is 62.1 Å².